The summed E-state index contributed by atoms with van der Waals surface area (Å²) in [4.78, 5) is 55.5. The van der Waals surface area contributed by atoms with Crippen LogP contribution in [0, 0.1) is 0 Å². The van der Waals surface area contributed by atoms with Gasteiger partial charge in [-0.05, 0) is 90.8 Å². The van der Waals surface area contributed by atoms with Crippen LogP contribution in [0.1, 0.15) is 141 Å². The summed E-state index contributed by atoms with van der Waals surface area (Å²) in [7, 11) is -2.43. The SMILES string of the molecule is CCN1CC[C@@H](CC(=O)c2noc(C(C)(C)C)n2)c2ccc(-c3ccnc(Nc4cnn(C)c4)n3)cc2C1.Cn1cc(Nc2nccc(-c3ccc4c(c3)CNCC[C@H]4CC(=O)c3noc(C(C)(C)C)n3)n2)cn1.O=S(=O)(OCC(F)(F)F)C(F)(F)F. The van der Waals surface area contributed by atoms with E-state index in [4.69, 9.17) is 14.0 Å². The van der Waals surface area contributed by atoms with E-state index in [0.29, 0.717) is 36.5 Å². The minimum absolute atomic E-state index is 0.0707. The molecule has 2 aliphatic rings. The Balaban J connectivity index is 0.000000188. The fraction of sp³-hybridized carbons (Fsp3) is 0.439. The molecule has 87 heavy (non-hydrogen) atoms. The number of hydrogen-bond acceptors (Lipinski definition) is 21. The van der Waals surface area contributed by atoms with Crippen molar-refractivity contribution >= 4 is 45.0 Å². The summed E-state index contributed by atoms with van der Waals surface area (Å²) >= 11 is 0. The van der Waals surface area contributed by atoms with Gasteiger partial charge in [-0.1, -0.05) is 83.0 Å². The molecule has 0 aliphatic carbocycles. The van der Waals surface area contributed by atoms with Crippen LogP contribution in [0.2, 0.25) is 0 Å². The lowest BCUT2D eigenvalue weighted by Gasteiger charge is -2.18. The summed E-state index contributed by atoms with van der Waals surface area (Å²) in [5.74, 6) is 2.25. The maximum Gasteiger partial charge on any atom is 0.523 e. The number of alkyl halides is 6. The second kappa shape index (κ2) is 26.7. The maximum absolute atomic E-state index is 13.2. The number of ketones is 2. The van der Waals surface area contributed by atoms with Crippen LogP contribution >= 0.6 is 0 Å². The van der Waals surface area contributed by atoms with Gasteiger partial charge in [0.2, 0.25) is 46.9 Å². The van der Waals surface area contributed by atoms with Crippen molar-refractivity contribution in [3.8, 4) is 22.5 Å². The predicted molar refractivity (Wildman–Crippen MR) is 306 cm³/mol. The number of halogens is 6. The molecule has 464 valence electrons. The molecule has 2 atom stereocenters. The van der Waals surface area contributed by atoms with Gasteiger partial charge in [0, 0.05) is 86.8 Å². The van der Waals surface area contributed by atoms with E-state index in [1.54, 1.807) is 34.2 Å². The number of Topliss-reactive ketones (excluding diaryl/α,β-unsaturated/α-hetero) is 2. The van der Waals surface area contributed by atoms with E-state index in [1.807, 2.05) is 80.2 Å². The first kappa shape index (κ1) is 64.6. The molecule has 0 amide bonds. The van der Waals surface area contributed by atoms with Crippen LogP contribution in [-0.4, -0.2) is 123 Å². The molecule has 30 heteroatoms. The molecule has 6 aromatic heterocycles. The molecule has 8 aromatic rings. The highest BCUT2D eigenvalue weighted by Crippen LogP contribution is 2.37. The molecule has 0 radical (unpaired) electrons. The van der Waals surface area contributed by atoms with Gasteiger partial charge in [-0.2, -0.15) is 54.9 Å². The zero-order valence-electron chi connectivity index (χ0n) is 49.2. The fourth-order valence-electron chi connectivity index (χ4n) is 9.29. The van der Waals surface area contributed by atoms with Crippen molar-refractivity contribution in [3.05, 3.63) is 131 Å². The monoisotopic (exact) mass is 1230 g/mol. The molecule has 8 heterocycles. The summed E-state index contributed by atoms with van der Waals surface area (Å²) in [5.41, 5.74) is 3.60. The van der Waals surface area contributed by atoms with E-state index in [0.717, 1.165) is 85.0 Å². The normalized spacial score (nSPS) is 15.8. The third kappa shape index (κ3) is 17.4. The van der Waals surface area contributed by atoms with Gasteiger partial charge in [0.15, 0.2) is 6.61 Å². The van der Waals surface area contributed by atoms with E-state index >= 15 is 0 Å². The van der Waals surface area contributed by atoms with Gasteiger partial charge in [-0.25, -0.2) is 19.9 Å². The predicted octanol–water partition coefficient (Wildman–Crippen LogP) is 10.4. The summed E-state index contributed by atoms with van der Waals surface area (Å²) in [6.07, 6.45) is 8.00. The van der Waals surface area contributed by atoms with Crippen LogP contribution in [0.25, 0.3) is 22.5 Å². The highest BCUT2D eigenvalue weighted by Gasteiger charge is 2.49. The lowest BCUT2D eigenvalue weighted by atomic mass is 9.87. The molecular formula is C57H66F6N16O7S. The van der Waals surface area contributed by atoms with Crippen LogP contribution < -0.4 is 16.0 Å². The van der Waals surface area contributed by atoms with Crippen molar-refractivity contribution < 1.29 is 57.6 Å². The van der Waals surface area contributed by atoms with Gasteiger partial charge >= 0.3 is 21.8 Å². The van der Waals surface area contributed by atoms with Crippen molar-refractivity contribution in [2.75, 3.05) is 36.9 Å². The van der Waals surface area contributed by atoms with Crippen LogP contribution in [0.15, 0.2) is 94.8 Å². The molecule has 3 N–H and O–H groups in total. The Morgan fingerprint density at radius 2 is 1.17 bits per heavy atom. The molecule has 2 aromatic carbocycles. The Morgan fingerprint density at radius 3 is 1.61 bits per heavy atom. The van der Waals surface area contributed by atoms with Crippen LogP contribution in [0.4, 0.5) is 49.6 Å². The van der Waals surface area contributed by atoms with Crippen molar-refractivity contribution in [2.24, 2.45) is 14.1 Å². The third-order valence-electron chi connectivity index (χ3n) is 13.8. The van der Waals surface area contributed by atoms with Crippen molar-refractivity contribution in [2.45, 2.75) is 122 Å². The molecule has 0 saturated carbocycles. The molecule has 23 nitrogen and oxygen atoms in total. The number of nitrogens with zero attached hydrogens (tertiary/aromatic N) is 13. The Labute approximate surface area is 497 Å². The average molecular weight is 1230 g/mol. The van der Waals surface area contributed by atoms with Crippen molar-refractivity contribution in [1.29, 1.82) is 0 Å². The lowest BCUT2D eigenvalue weighted by Crippen LogP contribution is -2.29. The second-order valence-electron chi connectivity index (χ2n) is 22.8. The number of carbonyl (C=O) groups is 2. The summed E-state index contributed by atoms with van der Waals surface area (Å²) in [5, 5.41) is 26.1. The quantitative estimate of drug-likeness (QED) is 0.0372. The molecule has 0 unspecified atom stereocenters. The zero-order valence-corrected chi connectivity index (χ0v) is 50.0. The van der Waals surface area contributed by atoms with Gasteiger partial charge < -0.3 is 25.0 Å². The summed E-state index contributed by atoms with van der Waals surface area (Å²) in [6.45, 7) is 15.8. The smallest absolute Gasteiger partial charge is 0.338 e. The highest BCUT2D eigenvalue weighted by atomic mass is 32.2. The summed E-state index contributed by atoms with van der Waals surface area (Å²) < 4.78 is 104. The number of rotatable bonds is 15. The largest absolute Gasteiger partial charge is 0.523 e. The van der Waals surface area contributed by atoms with E-state index in [-0.39, 0.29) is 45.9 Å². The molecule has 0 spiro atoms. The zero-order chi connectivity index (χ0) is 63.1. The highest BCUT2D eigenvalue weighted by molar-refractivity contribution is 7.87. The first-order chi connectivity index (χ1) is 40.9. The Bertz CT molecular complexity index is 3790. The molecule has 0 bridgehead atoms. The van der Waals surface area contributed by atoms with Crippen molar-refractivity contribution in [1.82, 2.24) is 70.0 Å². The number of fused-ring (bicyclic) bond motifs is 2. The Kier molecular flexibility index (Phi) is 19.9. The molecule has 0 saturated heterocycles. The number of anilines is 4. The van der Waals surface area contributed by atoms with E-state index < -0.39 is 28.4 Å². The van der Waals surface area contributed by atoms with E-state index in [9.17, 15) is 44.3 Å². The molecule has 2 aliphatic heterocycles. The maximum atomic E-state index is 13.2. The van der Waals surface area contributed by atoms with Gasteiger partial charge in [-0.3, -0.25) is 28.0 Å². The van der Waals surface area contributed by atoms with Gasteiger partial charge in [0.25, 0.3) is 0 Å². The van der Waals surface area contributed by atoms with Crippen molar-refractivity contribution in [3.63, 3.8) is 0 Å². The number of aromatic nitrogens is 12. The molecule has 10 rings (SSSR count). The van der Waals surface area contributed by atoms with Crippen LogP contribution in [-0.2, 0) is 52.3 Å². The van der Waals surface area contributed by atoms with Crippen LogP contribution in [0.5, 0.6) is 0 Å². The van der Waals surface area contributed by atoms with Gasteiger partial charge in [-0.15, -0.1) is 0 Å². The molecule has 0 fully saturated rings. The minimum Gasteiger partial charge on any atom is -0.338 e. The third-order valence-corrected chi connectivity index (χ3v) is 14.8. The number of benzene rings is 2. The Hall–Kier alpha value is -8.35. The summed E-state index contributed by atoms with van der Waals surface area (Å²) in [6, 6.07) is 16.6. The molecular weight excluding hydrogens is 1170 g/mol. The number of aryl methyl sites for hydroxylation is 2. The van der Waals surface area contributed by atoms with E-state index in [2.05, 4.69) is 114 Å². The van der Waals surface area contributed by atoms with Gasteiger partial charge in [0.05, 0.1) is 35.2 Å². The first-order valence-electron chi connectivity index (χ1n) is 27.6. The van der Waals surface area contributed by atoms with Crippen LogP contribution in [0.3, 0.4) is 0 Å². The Morgan fingerprint density at radius 1 is 0.690 bits per heavy atom. The fourth-order valence-corrected chi connectivity index (χ4v) is 9.72. The number of hydrogen-bond donors (Lipinski definition) is 3. The number of carbonyl (C=O) groups excluding carboxylic acids is 2. The topological polar surface area (TPSA) is 282 Å². The van der Waals surface area contributed by atoms with E-state index in [1.165, 1.54) is 16.7 Å². The second-order valence-corrected chi connectivity index (χ2v) is 24.4. The number of nitrogens with one attached hydrogen (secondary N) is 3. The average Bonchev–Trinajstić information content (AvgIpc) is 4.22. The standard InChI is InChI=1S/C28H34N8O2.C26H30N8O2.C3H2F6O3S/c1-6-36-12-10-18(14-24(37)25-33-26(38-34-25)28(2,3)4)22-8-7-19(13-20(22)16-36)23-9-11-29-27(32-23)31-21-15-30-35(5)17-21;1-26(2,3)24-32-23(33-36-24)22(35)12-16-7-9-27-13-18-11-17(5-6-20(16)18)21-8-10-28-25(31-21)30-19-14-29-34(4)15-19;4-2(5,6)1-12-13(10,11)3(7,8)9/h7-9,11,13,15,17-18H,6,10,12,14,16H2,1-5H3,(H,29,31,32);5-6,8,10-11,14-16,27H,7,9,12-13H2,1-4H3,(H,28,30,31);1H2/t18-;16-;/m00./s1. The van der Waals surface area contributed by atoms with Gasteiger partial charge in [0.1, 0.15) is 0 Å². The minimum atomic E-state index is -6.15. The first-order valence-corrected chi connectivity index (χ1v) is 29.0. The lowest BCUT2D eigenvalue weighted by molar-refractivity contribution is -0.156.